The molecule has 0 fully saturated rings. The first-order chi connectivity index (χ1) is 13.2. The van der Waals surface area contributed by atoms with Crippen molar-refractivity contribution in [1.29, 1.82) is 0 Å². The number of ether oxygens (including phenoxy) is 2. The molecule has 0 aliphatic rings. The highest BCUT2D eigenvalue weighted by atomic mass is 19.3. The maximum Gasteiger partial charge on any atom is 0.387 e. The highest BCUT2D eigenvalue weighted by Crippen LogP contribution is 2.16. The van der Waals surface area contributed by atoms with Crippen LogP contribution in [0.5, 0.6) is 5.75 Å². The smallest absolute Gasteiger partial charge is 0.387 e. The highest BCUT2D eigenvalue weighted by molar-refractivity contribution is 5.79. The number of furan rings is 1. The van der Waals surface area contributed by atoms with Gasteiger partial charge >= 0.3 is 6.61 Å². The molecular weight excluding hydrogens is 356 g/mol. The molecule has 0 aliphatic carbocycles. The maximum absolute atomic E-state index is 12.3. The normalized spacial score (nSPS) is 11.6. The fraction of sp³-hybridized carbons (Fsp3) is 0.421. The van der Waals surface area contributed by atoms with Crippen LogP contribution >= 0.6 is 0 Å². The summed E-state index contributed by atoms with van der Waals surface area (Å²) in [7, 11) is 0. The topological polar surface area (TPSA) is 68.0 Å². The Morgan fingerprint density at radius 2 is 2.11 bits per heavy atom. The lowest BCUT2D eigenvalue weighted by Gasteiger charge is -2.11. The van der Waals surface area contributed by atoms with Gasteiger partial charge in [-0.15, -0.1) is 0 Å². The number of benzene rings is 1. The van der Waals surface area contributed by atoms with Gasteiger partial charge in [0.25, 0.3) is 0 Å². The molecule has 0 radical (unpaired) electrons. The lowest BCUT2D eigenvalue weighted by atomic mass is 10.2. The molecule has 2 aromatic rings. The van der Waals surface area contributed by atoms with Crippen molar-refractivity contribution in [3.05, 3.63) is 54.0 Å². The van der Waals surface area contributed by atoms with Crippen molar-refractivity contribution in [3.8, 4) is 5.75 Å². The first-order valence-corrected chi connectivity index (χ1v) is 8.83. The Morgan fingerprint density at radius 1 is 1.22 bits per heavy atom. The number of hydrogen-bond acceptors (Lipinski definition) is 4. The van der Waals surface area contributed by atoms with E-state index in [1.807, 2.05) is 25.1 Å². The van der Waals surface area contributed by atoms with E-state index in [1.165, 1.54) is 6.07 Å². The Bertz CT molecular complexity index is 679. The predicted molar refractivity (Wildman–Crippen MR) is 98.9 cm³/mol. The van der Waals surface area contributed by atoms with Gasteiger partial charge in [0.1, 0.15) is 18.1 Å². The molecule has 0 amide bonds. The largest absolute Gasteiger partial charge is 0.467 e. The van der Waals surface area contributed by atoms with Crippen LogP contribution in [0.1, 0.15) is 24.7 Å². The van der Waals surface area contributed by atoms with Gasteiger partial charge in [0, 0.05) is 19.7 Å². The number of hydrogen-bond donors (Lipinski definition) is 2. The third-order valence-corrected chi connectivity index (χ3v) is 3.47. The summed E-state index contributed by atoms with van der Waals surface area (Å²) in [6.07, 6.45) is 2.43. The van der Waals surface area contributed by atoms with Gasteiger partial charge in [0.15, 0.2) is 5.96 Å². The van der Waals surface area contributed by atoms with E-state index in [1.54, 1.807) is 18.4 Å². The standard InChI is InChI=1S/C19H25F2N3O3/c1-2-22-19(23-9-5-10-25-14-17-8-4-11-26-17)24-13-15-6-3-7-16(12-15)27-18(20)21/h3-4,6-8,11-12,18H,2,5,9-10,13-14H2,1H3,(H2,22,23,24). The SMILES string of the molecule is CCNC(=NCc1cccc(OC(F)F)c1)NCCCOCc1ccco1. The van der Waals surface area contributed by atoms with Gasteiger partial charge in [0.2, 0.25) is 0 Å². The number of guanidine groups is 1. The van der Waals surface area contributed by atoms with Gasteiger partial charge in [-0.2, -0.15) is 8.78 Å². The molecule has 2 N–H and O–H groups in total. The number of rotatable bonds is 11. The van der Waals surface area contributed by atoms with Crippen LogP contribution in [-0.2, 0) is 17.9 Å². The first kappa shape index (κ1) is 20.7. The fourth-order valence-electron chi connectivity index (χ4n) is 2.28. The summed E-state index contributed by atoms with van der Waals surface area (Å²) in [4.78, 5) is 4.46. The van der Waals surface area contributed by atoms with Crippen LogP contribution < -0.4 is 15.4 Å². The summed E-state index contributed by atoms with van der Waals surface area (Å²) >= 11 is 0. The Morgan fingerprint density at radius 3 is 2.85 bits per heavy atom. The minimum absolute atomic E-state index is 0.129. The van der Waals surface area contributed by atoms with E-state index in [2.05, 4.69) is 20.4 Å². The molecule has 1 aromatic heterocycles. The second-order valence-corrected chi connectivity index (χ2v) is 5.63. The molecule has 0 unspecified atom stereocenters. The molecule has 27 heavy (non-hydrogen) atoms. The van der Waals surface area contributed by atoms with Gasteiger partial charge in [-0.05, 0) is 43.2 Å². The molecule has 1 aromatic carbocycles. The van der Waals surface area contributed by atoms with E-state index in [0.717, 1.165) is 24.3 Å². The van der Waals surface area contributed by atoms with Crippen molar-refractivity contribution in [2.45, 2.75) is 33.1 Å². The summed E-state index contributed by atoms with van der Waals surface area (Å²) < 4.78 is 39.7. The average Bonchev–Trinajstić information content (AvgIpc) is 3.15. The molecule has 6 nitrogen and oxygen atoms in total. The van der Waals surface area contributed by atoms with Gasteiger partial charge < -0.3 is 24.5 Å². The maximum atomic E-state index is 12.3. The summed E-state index contributed by atoms with van der Waals surface area (Å²) in [5, 5.41) is 6.36. The third kappa shape index (κ3) is 8.54. The molecule has 0 saturated heterocycles. The number of nitrogens with one attached hydrogen (secondary N) is 2. The first-order valence-electron chi connectivity index (χ1n) is 8.83. The van der Waals surface area contributed by atoms with Gasteiger partial charge in [-0.25, -0.2) is 4.99 Å². The van der Waals surface area contributed by atoms with Crippen molar-refractivity contribution in [3.63, 3.8) is 0 Å². The molecule has 0 saturated carbocycles. The zero-order valence-electron chi connectivity index (χ0n) is 15.3. The molecule has 8 heteroatoms. The van der Waals surface area contributed by atoms with Crippen LogP contribution in [0.3, 0.4) is 0 Å². The quantitative estimate of drug-likeness (QED) is 0.354. The zero-order valence-corrected chi connectivity index (χ0v) is 15.3. The number of aliphatic imine (C=N–C) groups is 1. The number of alkyl halides is 2. The summed E-state index contributed by atoms with van der Waals surface area (Å²) in [6.45, 7) is 1.95. The average molecular weight is 381 g/mol. The third-order valence-electron chi connectivity index (χ3n) is 3.47. The lowest BCUT2D eigenvalue weighted by molar-refractivity contribution is -0.0498. The predicted octanol–water partition coefficient (Wildman–Crippen LogP) is 3.54. The minimum atomic E-state index is -2.84. The second-order valence-electron chi connectivity index (χ2n) is 5.63. The minimum Gasteiger partial charge on any atom is -0.467 e. The van der Waals surface area contributed by atoms with Gasteiger partial charge in [0.05, 0.1) is 12.8 Å². The van der Waals surface area contributed by atoms with Gasteiger partial charge in [-0.1, -0.05) is 12.1 Å². The second kappa shape index (κ2) is 11.9. The van der Waals surface area contributed by atoms with E-state index < -0.39 is 6.61 Å². The number of halogens is 2. The van der Waals surface area contributed by atoms with Gasteiger partial charge in [-0.3, -0.25) is 0 Å². The van der Waals surface area contributed by atoms with Crippen LogP contribution in [-0.4, -0.2) is 32.3 Å². The van der Waals surface area contributed by atoms with Crippen molar-refractivity contribution >= 4 is 5.96 Å². The van der Waals surface area contributed by atoms with E-state index in [4.69, 9.17) is 9.15 Å². The van der Waals surface area contributed by atoms with Crippen LogP contribution in [0, 0.1) is 0 Å². The Kier molecular flexibility index (Phi) is 9.12. The van der Waals surface area contributed by atoms with E-state index in [0.29, 0.717) is 32.3 Å². The Balaban J connectivity index is 1.73. The Hall–Kier alpha value is -2.61. The van der Waals surface area contributed by atoms with Crippen LogP contribution in [0.25, 0.3) is 0 Å². The van der Waals surface area contributed by atoms with E-state index >= 15 is 0 Å². The Labute approximate surface area is 157 Å². The highest BCUT2D eigenvalue weighted by Gasteiger charge is 2.05. The summed E-state index contributed by atoms with van der Waals surface area (Å²) in [6, 6.07) is 10.2. The molecule has 148 valence electrons. The fourth-order valence-corrected chi connectivity index (χ4v) is 2.28. The van der Waals surface area contributed by atoms with E-state index in [9.17, 15) is 8.78 Å². The summed E-state index contributed by atoms with van der Waals surface area (Å²) in [5.41, 5.74) is 0.784. The van der Waals surface area contributed by atoms with Crippen molar-refractivity contribution < 1.29 is 22.7 Å². The van der Waals surface area contributed by atoms with Crippen molar-refractivity contribution in [1.82, 2.24) is 10.6 Å². The molecule has 0 aliphatic heterocycles. The number of nitrogens with zero attached hydrogens (tertiary/aromatic N) is 1. The van der Waals surface area contributed by atoms with Crippen molar-refractivity contribution in [2.75, 3.05) is 19.7 Å². The van der Waals surface area contributed by atoms with Crippen LogP contribution in [0.4, 0.5) is 8.78 Å². The van der Waals surface area contributed by atoms with Crippen LogP contribution in [0.15, 0.2) is 52.1 Å². The molecule has 0 bridgehead atoms. The van der Waals surface area contributed by atoms with E-state index in [-0.39, 0.29) is 5.75 Å². The zero-order chi connectivity index (χ0) is 19.3. The summed E-state index contributed by atoms with van der Waals surface area (Å²) in [5.74, 6) is 1.59. The van der Waals surface area contributed by atoms with Crippen molar-refractivity contribution in [2.24, 2.45) is 4.99 Å². The molecule has 2 rings (SSSR count). The molecule has 0 atom stereocenters. The molecular formula is C19H25F2N3O3. The van der Waals surface area contributed by atoms with Crippen LogP contribution in [0.2, 0.25) is 0 Å². The lowest BCUT2D eigenvalue weighted by Crippen LogP contribution is -2.38. The molecule has 1 heterocycles. The monoisotopic (exact) mass is 381 g/mol. The molecule has 0 spiro atoms.